The summed E-state index contributed by atoms with van der Waals surface area (Å²) in [5, 5.41) is 12.7. The molecule has 0 spiro atoms. The molecule has 5 nitrogen and oxygen atoms in total. The number of nitro groups is 1. The fourth-order valence-electron chi connectivity index (χ4n) is 1.66. The van der Waals surface area contributed by atoms with Crippen molar-refractivity contribution in [3.63, 3.8) is 0 Å². The second-order valence-corrected chi connectivity index (χ2v) is 6.18. The van der Waals surface area contributed by atoms with E-state index in [1.165, 1.54) is 36.4 Å². The van der Waals surface area contributed by atoms with Gasteiger partial charge in [0.05, 0.1) is 4.92 Å². The number of sulfone groups is 1. The third-order valence-corrected chi connectivity index (χ3v) is 3.83. The van der Waals surface area contributed by atoms with Crippen LogP contribution in [0.15, 0.2) is 65.4 Å². The first-order valence-corrected chi connectivity index (χ1v) is 7.98. The fourth-order valence-corrected chi connectivity index (χ4v) is 2.45. The lowest BCUT2D eigenvalue weighted by molar-refractivity contribution is -0.384. The smallest absolute Gasteiger partial charge is 0.258 e. The van der Waals surface area contributed by atoms with Crippen LogP contribution >= 0.6 is 0 Å². The lowest BCUT2D eigenvalue weighted by Gasteiger charge is -1.94. The van der Waals surface area contributed by atoms with E-state index in [2.05, 4.69) is 0 Å². The van der Waals surface area contributed by atoms with Gasteiger partial charge in [0, 0.05) is 22.9 Å². The Morgan fingerprint density at radius 3 is 1.82 bits per heavy atom. The molecule has 112 valence electrons. The van der Waals surface area contributed by atoms with Gasteiger partial charge < -0.3 is 0 Å². The minimum Gasteiger partial charge on any atom is -0.258 e. The molecule has 2 rings (SSSR count). The van der Waals surface area contributed by atoms with Crippen molar-refractivity contribution in [1.82, 2.24) is 0 Å². The number of benzene rings is 2. The van der Waals surface area contributed by atoms with E-state index < -0.39 is 14.8 Å². The molecule has 2 aromatic carbocycles. The molecule has 0 N–H and O–H groups in total. The Balaban J connectivity index is 2.11. The number of rotatable bonds is 5. The summed E-state index contributed by atoms with van der Waals surface area (Å²) in [5.74, 6) is 0. The highest BCUT2D eigenvalue weighted by atomic mass is 32.2. The molecule has 0 saturated carbocycles. The monoisotopic (exact) mass is 315 g/mol. The summed E-state index contributed by atoms with van der Waals surface area (Å²) in [5.41, 5.74) is 1.32. The molecule has 0 bridgehead atoms. The topological polar surface area (TPSA) is 77.3 Å². The van der Waals surface area contributed by atoms with Crippen molar-refractivity contribution in [3.05, 3.63) is 86.7 Å². The molecule has 0 saturated heterocycles. The van der Waals surface area contributed by atoms with Gasteiger partial charge in [0.1, 0.15) is 0 Å². The molecular weight excluding hydrogens is 302 g/mol. The third kappa shape index (κ3) is 4.68. The van der Waals surface area contributed by atoms with Gasteiger partial charge in [-0.2, -0.15) is 0 Å². The number of non-ortho nitro benzene ring substituents is 1. The summed E-state index contributed by atoms with van der Waals surface area (Å²) in [6, 6.07) is 14.7. The summed E-state index contributed by atoms with van der Waals surface area (Å²) in [6.45, 7) is 0. The van der Waals surface area contributed by atoms with E-state index in [1.807, 2.05) is 18.2 Å². The minimum atomic E-state index is -3.50. The van der Waals surface area contributed by atoms with Crippen LogP contribution in [0.1, 0.15) is 11.1 Å². The maximum Gasteiger partial charge on any atom is 0.269 e. The molecular formula is C16H13NO4S. The van der Waals surface area contributed by atoms with Gasteiger partial charge in [0.2, 0.25) is 0 Å². The van der Waals surface area contributed by atoms with E-state index in [0.29, 0.717) is 5.56 Å². The number of nitro benzene ring substituents is 1. The lowest BCUT2D eigenvalue weighted by Crippen LogP contribution is -1.89. The Labute approximate surface area is 128 Å². The van der Waals surface area contributed by atoms with Gasteiger partial charge >= 0.3 is 0 Å². The highest BCUT2D eigenvalue weighted by molar-refractivity contribution is 7.97. The number of hydrogen-bond acceptors (Lipinski definition) is 4. The molecule has 0 radical (unpaired) electrons. The van der Waals surface area contributed by atoms with Crippen molar-refractivity contribution in [2.75, 3.05) is 0 Å². The van der Waals surface area contributed by atoms with Gasteiger partial charge in [0.25, 0.3) is 5.69 Å². The van der Waals surface area contributed by atoms with Crippen molar-refractivity contribution >= 4 is 27.7 Å². The van der Waals surface area contributed by atoms with Crippen molar-refractivity contribution in [2.24, 2.45) is 0 Å². The Kier molecular flexibility index (Phi) is 4.85. The molecule has 0 heterocycles. The lowest BCUT2D eigenvalue weighted by atomic mass is 10.2. The van der Waals surface area contributed by atoms with Crippen LogP contribution in [-0.2, 0) is 9.84 Å². The third-order valence-electron chi connectivity index (χ3n) is 2.80. The Hall–Kier alpha value is -2.73. The van der Waals surface area contributed by atoms with E-state index in [1.54, 1.807) is 12.1 Å². The van der Waals surface area contributed by atoms with Crippen LogP contribution in [-0.4, -0.2) is 13.3 Å². The zero-order valence-electron chi connectivity index (χ0n) is 11.5. The average molecular weight is 315 g/mol. The van der Waals surface area contributed by atoms with Crippen LogP contribution in [0.2, 0.25) is 0 Å². The standard InChI is InChI=1S/C16H13NO4S/c18-17(19)16-8-6-15(7-9-16)11-13-22(20,21)12-10-14-4-2-1-3-5-14/h1-13H/b12-10-,13-11+. The predicted octanol–water partition coefficient (Wildman–Crippen LogP) is 3.65. The van der Waals surface area contributed by atoms with Gasteiger partial charge in [-0.1, -0.05) is 30.3 Å². The van der Waals surface area contributed by atoms with Crippen LogP contribution in [0.25, 0.3) is 12.2 Å². The predicted molar refractivity (Wildman–Crippen MR) is 86.5 cm³/mol. The summed E-state index contributed by atoms with van der Waals surface area (Å²) >= 11 is 0. The van der Waals surface area contributed by atoms with Gasteiger partial charge in [0.15, 0.2) is 9.84 Å². The molecule has 6 heteroatoms. The SMILES string of the molecule is O=[N+]([O-])c1ccc(/C=C/S(=O)(=O)/C=C\c2ccccc2)cc1. The molecule has 2 aromatic rings. The van der Waals surface area contributed by atoms with E-state index in [4.69, 9.17) is 0 Å². The van der Waals surface area contributed by atoms with Crippen molar-refractivity contribution in [2.45, 2.75) is 0 Å². The molecule has 0 unspecified atom stereocenters. The Morgan fingerprint density at radius 2 is 1.32 bits per heavy atom. The summed E-state index contributed by atoms with van der Waals surface area (Å²) in [7, 11) is -3.50. The first-order chi connectivity index (χ1) is 10.5. The van der Waals surface area contributed by atoms with E-state index in [-0.39, 0.29) is 5.69 Å². The zero-order valence-corrected chi connectivity index (χ0v) is 12.3. The molecule has 0 aromatic heterocycles. The van der Waals surface area contributed by atoms with Crippen LogP contribution in [0.4, 0.5) is 5.69 Å². The highest BCUT2D eigenvalue weighted by Gasteiger charge is 2.03. The first-order valence-electron chi connectivity index (χ1n) is 6.37. The quantitative estimate of drug-likeness (QED) is 0.623. The van der Waals surface area contributed by atoms with Gasteiger partial charge in [-0.3, -0.25) is 10.1 Å². The van der Waals surface area contributed by atoms with E-state index in [9.17, 15) is 18.5 Å². The van der Waals surface area contributed by atoms with Crippen molar-refractivity contribution < 1.29 is 13.3 Å². The van der Waals surface area contributed by atoms with Crippen molar-refractivity contribution in [1.29, 1.82) is 0 Å². The molecule has 22 heavy (non-hydrogen) atoms. The maximum absolute atomic E-state index is 11.9. The maximum atomic E-state index is 11.9. The highest BCUT2D eigenvalue weighted by Crippen LogP contribution is 2.14. The van der Waals surface area contributed by atoms with Gasteiger partial charge in [-0.25, -0.2) is 8.42 Å². The van der Waals surface area contributed by atoms with Gasteiger partial charge in [-0.05, 0) is 35.4 Å². The van der Waals surface area contributed by atoms with Crippen LogP contribution in [0.5, 0.6) is 0 Å². The normalized spacial score (nSPS) is 12.0. The zero-order chi connectivity index (χ0) is 16.0. The van der Waals surface area contributed by atoms with Crippen LogP contribution < -0.4 is 0 Å². The summed E-state index contributed by atoms with van der Waals surface area (Å²) in [4.78, 5) is 10.0. The van der Waals surface area contributed by atoms with Crippen molar-refractivity contribution in [3.8, 4) is 0 Å². The van der Waals surface area contributed by atoms with Crippen LogP contribution in [0, 0.1) is 10.1 Å². The fraction of sp³-hybridized carbons (Fsp3) is 0. The number of hydrogen-bond donors (Lipinski definition) is 0. The molecule has 0 amide bonds. The van der Waals surface area contributed by atoms with Gasteiger partial charge in [-0.15, -0.1) is 0 Å². The Morgan fingerprint density at radius 1 is 0.818 bits per heavy atom. The Bertz CT molecular complexity index is 807. The summed E-state index contributed by atoms with van der Waals surface area (Å²) in [6.07, 6.45) is 2.91. The average Bonchev–Trinajstić information content (AvgIpc) is 2.53. The van der Waals surface area contributed by atoms with E-state index >= 15 is 0 Å². The van der Waals surface area contributed by atoms with Crippen LogP contribution in [0.3, 0.4) is 0 Å². The van der Waals surface area contributed by atoms with E-state index in [0.717, 1.165) is 16.4 Å². The second kappa shape index (κ2) is 6.82. The molecule has 0 atom stereocenters. The molecule has 0 fully saturated rings. The minimum absolute atomic E-state index is 0.0380. The largest absolute Gasteiger partial charge is 0.269 e. The summed E-state index contributed by atoms with van der Waals surface area (Å²) < 4.78 is 23.7. The second-order valence-electron chi connectivity index (χ2n) is 4.45. The molecule has 0 aliphatic carbocycles. The molecule has 0 aliphatic rings. The molecule has 0 aliphatic heterocycles. The number of nitrogens with zero attached hydrogens (tertiary/aromatic N) is 1. The first kappa shape index (κ1) is 15.7.